The zero-order valence-electron chi connectivity index (χ0n) is 11.6. The summed E-state index contributed by atoms with van der Waals surface area (Å²) >= 11 is 0. The molecule has 8 heteroatoms. The van der Waals surface area contributed by atoms with Gasteiger partial charge in [0.2, 0.25) is 5.82 Å². The molecule has 21 heavy (non-hydrogen) atoms. The van der Waals surface area contributed by atoms with Crippen LogP contribution in [0, 0.1) is 21.7 Å². The first-order valence-corrected chi connectivity index (χ1v) is 6.31. The Labute approximate surface area is 119 Å². The van der Waals surface area contributed by atoms with Crippen LogP contribution < -0.4 is 5.32 Å². The molecule has 0 saturated carbocycles. The fraction of sp³-hybridized carbons (Fsp3) is 0.308. The van der Waals surface area contributed by atoms with Gasteiger partial charge in [-0.15, -0.1) is 0 Å². The Morgan fingerprint density at radius 1 is 1.38 bits per heavy atom. The molecule has 0 aliphatic carbocycles. The first kappa shape index (κ1) is 14.9. The average molecular weight is 296 g/mol. The van der Waals surface area contributed by atoms with Crippen LogP contribution in [0.5, 0.6) is 0 Å². The van der Waals surface area contributed by atoms with Crippen molar-refractivity contribution in [3.05, 3.63) is 51.3 Å². The highest BCUT2D eigenvalue weighted by Gasteiger charge is 2.18. The van der Waals surface area contributed by atoms with Gasteiger partial charge in [0.25, 0.3) is 0 Å². The third kappa shape index (κ3) is 3.15. The molecule has 0 aliphatic heterocycles. The van der Waals surface area contributed by atoms with E-state index >= 15 is 0 Å². The van der Waals surface area contributed by atoms with E-state index in [1.807, 2.05) is 6.92 Å². The summed E-state index contributed by atoms with van der Waals surface area (Å²) in [4.78, 5) is 9.80. The van der Waals surface area contributed by atoms with Gasteiger partial charge in [-0.3, -0.25) is 14.8 Å². The maximum atomic E-state index is 13.7. The van der Waals surface area contributed by atoms with Crippen LogP contribution in [0.4, 0.5) is 20.2 Å². The van der Waals surface area contributed by atoms with E-state index in [0.717, 1.165) is 11.8 Å². The molecule has 1 aromatic heterocycles. The monoisotopic (exact) mass is 296 g/mol. The number of benzene rings is 1. The number of nitro groups is 1. The molecule has 2 aromatic rings. The molecular formula is C13H14F2N4O2. The Morgan fingerprint density at radius 3 is 2.71 bits per heavy atom. The van der Waals surface area contributed by atoms with E-state index in [2.05, 4.69) is 10.4 Å². The fourth-order valence-corrected chi connectivity index (χ4v) is 1.99. The van der Waals surface area contributed by atoms with Crippen molar-refractivity contribution in [1.29, 1.82) is 0 Å². The Bertz CT molecular complexity index is 685. The molecule has 112 valence electrons. The van der Waals surface area contributed by atoms with E-state index in [1.54, 1.807) is 17.9 Å². The average Bonchev–Trinajstić information content (AvgIpc) is 2.77. The molecule has 0 spiro atoms. The van der Waals surface area contributed by atoms with Crippen molar-refractivity contribution >= 4 is 11.4 Å². The standard InChI is InChI=1S/C13H14F2N4O2/c1-3-11-12(7-18(2)17-11)16-6-8-4-13(19(20)21)10(15)5-9(8)14/h4-5,7,16H,3,6H2,1-2H3. The highest BCUT2D eigenvalue weighted by atomic mass is 19.1. The van der Waals surface area contributed by atoms with Crippen LogP contribution in [0.1, 0.15) is 18.2 Å². The number of aromatic nitrogens is 2. The van der Waals surface area contributed by atoms with Gasteiger partial charge in [0.1, 0.15) is 5.82 Å². The van der Waals surface area contributed by atoms with Crippen molar-refractivity contribution in [3.63, 3.8) is 0 Å². The van der Waals surface area contributed by atoms with E-state index in [0.29, 0.717) is 18.2 Å². The summed E-state index contributed by atoms with van der Waals surface area (Å²) in [6, 6.07) is 1.43. The van der Waals surface area contributed by atoms with Gasteiger partial charge in [-0.25, -0.2) is 4.39 Å². The molecule has 0 amide bonds. The molecule has 0 radical (unpaired) electrons. The lowest BCUT2D eigenvalue weighted by molar-refractivity contribution is -0.387. The number of aryl methyl sites for hydroxylation is 2. The van der Waals surface area contributed by atoms with Gasteiger partial charge in [-0.2, -0.15) is 9.49 Å². The number of hydrogen-bond donors (Lipinski definition) is 1. The van der Waals surface area contributed by atoms with Crippen LogP contribution in [0.2, 0.25) is 0 Å². The molecule has 0 saturated heterocycles. The number of hydrogen-bond acceptors (Lipinski definition) is 4. The van der Waals surface area contributed by atoms with Crippen molar-refractivity contribution in [2.24, 2.45) is 7.05 Å². The number of rotatable bonds is 5. The third-order valence-electron chi connectivity index (χ3n) is 3.02. The molecule has 0 unspecified atom stereocenters. The summed E-state index contributed by atoms with van der Waals surface area (Å²) in [5.41, 5.74) is 0.796. The van der Waals surface area contributed by atoms with Crippen LogP contribution in [-0.4, -0.2) is 14.7 Å². The number of nitro benzene ring substituents is 1. The molecule has 0 atom stereocenters. The van der Waals surface area contributed by atoms with Gasteiger partial charge in [0.05, 0.1) is 16.3 Å². The van der Waals surface area contributed by atoms with E-state index < -0.39 is 22.2 Å². The lowest BCUT2D eigenvalue weighted by Gasteiger charge is -2.07. The second kappa shape index (κ2) is 5.86. The van der Waals surface area contributed by atoms with Gasteiger partial charge >= 0.3 is 5.69 Å². The number of nitrogens with zero attached hydrogens (tertiary/aromatic N) is 3. The predicted octanol–water partition coefficient (Wildman–Crippen LogP) is 2.78. The molecule has 2 rings (SSSR count). The zero-order valence-corrected chi connectivity index (χ0v) is 11.6. The van der Waals surface area contributed by atoms with Crippen LogP contribution >= 0.6 is 0 Å². The maximum Gasteiger partial charge on any atom is 0.305 e. The molecule has 1 aromatic carbocycles. The lowest BCUT2D eigenvalue weighted by Crippen LogP contribution is -2.05. The van der Waals surface area contributed by atoms with Crippen molar-refractivity contribution in [1.82, 2.24) is 9.78 Å². The third-order valence-corrected chi connectivity index (χ3v) is 3.02. The largest absolute Gasteiger partial charge is 0.378 e. The molecule has 1 N–H and O–H groups in total. The second-order valence-electron chi connectivity index (χ2n) is 4.52. The first-order chi connectivity index (χ1) is 9.92. The minimum atomic E-state index is -1.18. The van der Waals surface area contributed by atoms with Gasteiger partial charge in [-0.1, -0.05) is 6.92 Å². The van der Waals surface area contributed by atoms with Crippen molar-refractivity contribution in [2.45, 2.75) is 19.9 Å². The smallest absolute Gasteiger partial charge is 0.305 e. The fourth-order valence-electron chi connectivity index (χ4n) is 1.99. The number of nitrogens with one attached hydrogen (secondary N) is 1. The van der Waals surface area contributed by atoms with Crippen molar-refractivity contribution in [3.8, 4) is 0 Å². The second-order valence-corrected chi connectivity index (χ2v) is 4.52. The first-order valence-electron chi connectivity index (χ1n) is 6.31. The van der Waals surface area contributed by atoms with Crippen LogP contribution in [0.15, 0.2) is 18.3 Å². The quantitative estimate of drug-likeness (QED) is 0.680. The molecule has 1 heterocycles. The SMILES string of the molecule is CCc1nn(C)cc1NCc1cc([N+](=O)[O-])c(F)cc1F. The highest BCUT2D eigenvalue weighted by Crippen LogP contribution is 2.23. The van der Waals surface area contributed by atoms with E-state index in [1.165, 1.54) is 0 Å². The van der Waals surface area contributed by atoms with Gasteiger partial charge in [0, 0.05) is 37.5 Å². The summed E-state index contributed by atoms with van der Waals surface area (Å²) < 4.78 is 28.5. The summed E-state index contributed by atoms with van der Waals surface area (Å²) in [5.74, 6) is -2.01. The summed E-state index contributed by atoms with van der Waals surface area (Å²) in [7, 11) is 1.76. The lowest BCUT2D eigenvalue weighted by atomic mass is 10.1. The van der Waals surface area contributed by atoms with Crippen molar-refractivity contribution in [2.75, 3.05) is 5.32 Å². The summed E-state index contributed by atoms with van der Waals surface area (Å²) in [6.07, 6.45) is 2.42. The summed E-state index contributed by atoms with van der Waals surface area (Å²) in [6.45, 7) is 1.93. The predicted molar refractivity (Wildman–Crippen MR) is 72.9 cm³/mol. The van der Waals surface area contributed by atoms with E-state index in [4.69, 9.17) is 0 Å². The van der Waals surface area contributed by atoms with Crippen molar-refractivity contribution < 1.29 is 13.7 Å². The van der Waals surface area contributed by atoms with Crippen LogP contribution in [0.3, 0.4) is 0 Å². The van der Waals surface area contributed by atoms with E-state index in [-0.39, 0.29) is 12.1 Å². The number of halogens is 2. The van der Waals surface area contributed by atoms with E-state index in [9.17, 15) is 18.9 Å². The Balaban J connectivity index is 2.23. The van der Waals surface area contributed by atoms with Gasteiger partial charge < -0.3 is 5.32 Å². The van der Waals surface area contributed by atoms with Crippen LogP contribution in [0.25, 0.3) is 0 Å². The summed E-state index contributed by atoms with van der Waals surface area (Å²) in [5, 5.41) is 17.8. The highest BCUT2D eigenvalue weighted by molar-refractivity contribution is 5.47. The molecule has 0 bridgehead atoms. The Hall–Kier alpha value is -2.51. The minimum Gasteiger partial charge on any atom is -0.378 e. The molecule has 6 nitrogen and oxygen atoms in total. The zero-order chi connectivity index (χ0) is 15.6. The topological polar surface area (TPSA) is 73.0 Å². The van der Waals surface area contributed by atoms with Gasteiger partial charge in [-0.05, 0) is 6.42 Å². The normalized spacial score (nSPS) is 10.7. The number of anilines is 1. The Kier molecular flexibility index (Phi) is 4.15. The molecular weight excluding hydrogens is 282 g/mol. The maximum absolute atomic E-state index is 13.7. The minimum absolute atomic E-state index is 0.00560. The van der Waals surface area contributed by atoms with Crippen LogP contribution in [-0.2, 0) is 20.0 Å². The molecule has 0 aliphatic rings. The van der Waals surface area contributed by atoms with Gasteiger partial charge in [0.15, 0.2) is 0 Å². The Morgan fingerprint density at radius 2 is 2.10 bits per heavy atom. The molecule has 0 fully saturated rings.